The van der Waals surface area contributed by atoms with Gasteiger partial charge in [0.15, 0.2) is 0 Å². The topological polar surface area (TPSA) is 29.5 Å². The van der Waals surface area contributed by atoms with Crippen LogP contribution in [0.15, 0.2) is 0 Å². The van der Waals surface area contributed by atoms with E-state index < -0.39 is 0 Å². The number of likely N-dealkylation sites (tertiary alicyclic amines) is 1. The lowest BCUT2D eigenvalue weighted by molar-refractivity contribution is 0.0902. The van der Waals surface area contributed by atoms with Crippen LogP contribution in [-0.2, 0) is 4.74 Å². The molecule has 0 aromatic rings. The van der Waals surface area contributed by atoms with E-state index in [-0.39, 0.29) is 6.09 Å². The average Bonchev–Trinajstić information content (AvgIpc) is 2.44. The summed E-state index contributed by atoms with van der Waals surface area (Å²) in [7, 11) is 0. The number of carbonyl (C=O) groups excluding carboxylic acids is 1. The lowest BCUT2D eigenvalue weighted by Crippen LogP contribution is -2.38. The fraction of sp³-hybridized carbons (Fsp3) is 0.929. The van der Waals surface area contributed by atoms with Gasteiger partial charge in [-0.15, -0.1) is 0 Å². The van der Waals surface area contributed by atoms with Crippen LogP contribution in [0, 0.1) is 10.8 Å². The summed E-state index contributed by atoms with van der Waals surface area (Å²) < 4.78 is 5.28. The van der Waals surface area contributed by atoms with Crippen LogP contribution in [0.25, 0.3) is 0 Å². The number of fused-ring (bicyclic) bond motifs is 2. The monoisotopic (exact) mass is 239 g/mol. The second kappa shape index (κ2) is 4.18. The summed E-state index contributed by atoms with van der Waals surface area (Å²) in [5.74, 6) is 0. The summed E-state index contributed by atoms with van der Waals surface area (Å²) in [6, 6.07) is 0.396. The third-order valence-electron chi connectivity index (χ3n) is 4.08. The number of hydrogen-bond donors (Lipinski definition) is 0. The van der Waals surface area contributed by atoms with E-state index >= 15 is 0 Å². The van der Waals surface area contributed by atoms with Crippen molar-refractivity contribution in [3.05, 3.63) is 0 Å². The smallest absolute Gasteiger partial charge is 0.410 e. The van der Waals surface area contributed by atoms with E-state index in [9.17, 15) is 4.79 Å². The van der Waals surface area contributed by atoms with Crippen LogP contribution in [0.5, 0.6) is 0 Å². The molecule has 2 bridgehead atoms. The molecule has 98 valence electrons. The van der Waals surface area contributed by atoms with Crippen molar-refractivity contribution in [2.24, 2.45) is 10.8 Å². The van der Waals surface area contributed by atoms with Gasteiger partial charge in [0, 0.05) is 12.6 Å². The molecule has 1 saturated heterocycles. The van der Waals surface area contributed by atoms with Gasteiger partial charge in [-0.2, -0.15) is 0 Å². The van der Waals surface area contributed by atoms with Gasteiger partial charge in [0.25, 0.3) is 0 Å². The molecular formula is C14H25NO2. The summed E-state index contributed by atoms with van der Waals surface area (Å²) in [4.78, 5) is 14.0. The molecule has 0 radical (unpaired) electrons. The third kappa shape index (κ3) is 2.58. The van der Waals surface area contributed by atoms with Crippen LogP contribution in [0.4, 0.5) is 4.79 Å². The molecule has 1 saturated carbocycles. The van der Waals surface area contributed by atoms with Gasteiger partial charge >= 0.3 is 6.09 Å². The van der Waals surface area contributed by atoms with Gasteiger partial charge in [-0.3, -0.25) is 0 Å². The molecule has 3 heteroatoms. The second-order valence-electron chi connectivity index (χ2n) is 6.96. The van der Waals surface area contributed by atoms with Gasteiger partial charge in [-0.1, -0.05) is 27.7 Å². The predicted molar refractivity (Wildman–Crippen MR) is 67.9 cm³/mol. The first-order valence-corrected chi connectivity index (χ1v) is 6.79. The lowest BCUT2D eigenvalue weighted by Gasteiger charge is -2.39. The number of amides is 1. The van der Waals surface area contributed by atoms with Gasteiger partial charge in [-0.25, -0.2) is 4.79 Å². The Kier molecular flexibility index (Phi) is 3.13. The van der Waals surface area contributed by atoms with Crippen molar-refractivity contribution in [3.63, 3.8) is 0 Å². The number of ether oxygens (including phenoxy) is 1. The van der Waals surface area contributed by atoms with Crippen LogP contribution >= 0.6 is 0 Å². The Labute approximate surface area is 105 Å². The van der Waals surface area contributed by atoms with Crippen molar-refractivity contribution in [1.82, 2.24) is 4.90 Å². The molecule has 17 heavy (non-hydrogen) atoms. The van der Waals surface area contributed by atoms with Crippen molar-refractivity contribution in [2.75, 3.05) is 13.2 Å². The quantitative estimate of drug-likeness (QED) is 0.739. The van der Waals surface area contributed by atoms with Gasteiger partial charge < -0.3 is 9.64 Å². The molecule has 0 aromatic carbocycles. The molecular weight excluding hydrogens is 214 g/mol. The van der Waals surface area contributed by atoms with Crippen LogP contribution in [0.3, 0.4) is 0 Å². The maximum absolute atomic E-state index is 12.0. The van der Waals surface area contributed by atoms with Crippen molar-refractivity contribution < 1.29 is 9.53 Å². The Balaban J connectivity index is 2.05. The van der Waals surface area contributed by atoms with Crippen molar-refractivity contribution in [2.45, 2.75) is 59.4 Å². The first kappa shape index (κ1) is 12.7. The highest BCUT2D eigenvalue weighted by Crippen LogP contribution is 2.52. The standard InChI is InChI=1S/C14H25NO2/c1-5-6-17-12(16)15-10-14(4)8-11(15)7-13(2,3)9-14/h11H,5-10H2,1-4H3. The normalized spacial score (nSPS) is 34.8. The summed E-state index contributed by atoms with van der Waals surface area (Å²) >= 11 is 0. The van der Waals surface area contributed by atoms with Crippen molar-refractivity contribution >= 4 is 6.09 Å². The minimum absolute atomic E-state index is 0.0988. The fourth-order valence-corrected chi connectivity index (χ4v) is 3.95. The second-order valence-corrected chi connectivity index (χ2v) is 6.96. The van der Waals surface area contributed by atoms with E-state index in [0.29, 0.717) is 23.5 Å². The van der Waals surface area contributed by atoms with Crippen LogP contribution < -0.4 is 0 Å². The minimum atomic E-state index is -0.0988. The average molecular weight is 239 g/mol. The summed E-state index contributed by atoms with van der Waals surface area (Å²) in [5.41, 5.74) is 0.662. The summed E-state index contributed by atoms with van der Waals surface area (Å²) in [6.07, 6.45) is 4.28. The Morgan fingerprint density at radius 1 is 1.35 bits per heavy atom. The Bertz CT molecular complexity index is 313. The number of nitrogens with zero attached hydrogens (tertiary/aromatic N) is 1. The SMILES string of the molecule is CCCOC(=O)N1CC2(C)CC1CC(C)(C)C2. The molecule has 2 rings (SSSR count). The molecule has 1 aliphatic heterocycles. The van der Waals surface area contributed by atoms with Crippen LogP contribution in [0.1, 0.15) is 53.4 Å². The molecule has 3 nitrogen and oxygen atoms in total. The molecule has 2 unspecified atom stereocenters. The van der Waals surface area contributed by atoms with Crippen LogP contribution in [0.2, 0.25) is 0 Å². The first-order chi connectivity index (χ1) is 7.85. The molecule has 0 N–H and O–H groups in total. The molecule has 2 atom stereocenters. The zero-order chi connectivity index (χ0) is 12.7. The van der Waals surface area contributed by atoms with E-state index in [4.69, 9.17) is 4.74 Å². The summed E-state index contributed by atoms with van der Waals surface area (Å²) in [6.45, 7) is 10.4. The molecule has 1 heterocycles. The van der Waals surface area contributed by atoms with E-state index in [0.717, 1.165) is 25.8 Å². The zero-order valence-electron chi connectivity index (χ0n) is 11.6. The Morgan fingerprint density at radius 3 is 2.71 bits per heavy atom. The summed E-state index contributed by atoms with van der Waals surface area (Å²) in [5, 5.41) is 0. The highest BCUT2D eigenvalue weighted by Gasteiger charge is 2.51. The van der Waals surface area contributed by atoms with Crippen molar-refractivity contribution in [3.8, 4) is 0 Å². The van der Waals surface area contributed by atoms with Crippen LogP contribution in [-0.4, -0.2) is 30.2 Å². The third-order valence-corrected chi connectivity index (χ3v) is 4.08. The highest BCUT2D eigenvalue weighted by molar-refractivity contribution is 5.68. The maximum atomic E-state index is 12.0. The Morgan fingerprint density at radius 2 is 2.06 bits per heavy atom. The predicted octanol–water partition coefficient (Wildman–Crippen LogP) is 3.43. The van der Waals surface area contributed by atoms with E-state index in [1.165, 1.54) is 6.42 Å². The van der Waals surface area contributed by atoms with Gasteiger partial charge in [0.2, 0.25) is 0 Å². The van der Waals surface area contributed by atoms with Crippen molar-refractivity contribution in [1.29, 1.82) is 0 Å². The molecule has 2 aliphatic rings. The fourth-order valence-electron chi connectivity index (χ4n) is 3.95. The number of hydrogen-bond acceptors (Lipinski definition) is 2. The maximum Gasteiger partial charge on any atom is 0.410 e. The Hall–Kier alpha value is -0.730. The number of rotatable bonds is 2. The van der Waals surface area contributed by atoms with E-state index in [2.05, 4.69) is 20.8 Å². The lowest BCUT2D eigenvalue weighted by atomic mass is 9.65. The van der Waals surface area contributed by atoms with Gasteiger partial charge in [-0.05, 0) is 36.5 Å². The number of carbonyl (C=O) groups is 1. The highest BCUT2D eigenvalue weighted by atomic mass is 16.6. The largest absolute Gasteiger partial charge is 0.449 e. The molecule has 1 amide bonds. The molecule has 0 aromatic heterocycles. The van der Waals surface area contributed by atoms with Gasteiger partial charge in [0.1, 0.15) is 0 Å². The molecule has 2 fully saturated rings. The van der Waals surface area contributed by atoms with E-state index in [1.54, 1.807) is 0 Å². The molecule has 1 aliphatic carbocycles. The first-order valence-electron chi connectivity index (χ1n) is 6.79. The zero-order valence-corrected chi connectivity index (χ0v) is 11.6. The molecule has 0 spiro atoms. The van der Waals surface area contributed by atoms with E-state index in [1.807, 2.05) is 11.8 Å². The van der Waals surface area contributed by atoms with Gasteiger partial charge in [0.05, 0.1) is 6.61 Å². The minimum Gasteiger partial charge on any atom is -0.449 e.